The summed E-state index contributed by atoms with van der Waals surface area (Å²) in [4.78, 5) is 24.6. The summed E-state index contributed by atoms with van der Waals surface area (Å²) in [5, 5.41) is 7.04. The van der Waals surface area contributed by atoms with Crippen molar-refractivity contribution in [3.63, 3.8) is 0 Å². The molecule has 1 unspecified atom stereocenters. The van der Waals surface area contributed by atoms with E-state index in [9.17, 15) is 14.0 Å². The first-order valence-corrected chi connectivity index (χ1v) is 8.40. The molecule has 2 rings (SSSR count). The van der Waals surface area contributed by atoms with Gasteiger partial charge in [0.25, 0.3) is 11.8 Å². The quantitative estimate of drug-likeness (QED) is 0.600. The number of nitrogens with one attached hydrogen (secondary N) is 2. The Morgan fingerprint density at radius 3 is 2.38 bits per heavy atom. The van der Waals surface area contributed by atoms with Gasteiger partial charge in [-0.15, -0.1) is 0 Å². The molecule has 2 N–H and O–H groups in total. The van der Waals surface area contributed by atoms with Crippen LogP contribution in [0, 0.1) is 11.7 Å². The van der Waals surface area contributed by atoms with Crippen LogP contribution in [0.1, 0.15) is 29.8 Å². The number of halogens is 2. The Morgan fingerprint density at radius 1 is 1.12 bits per heavy atom. The van der Waals surface area contributed by atoms with E-state index in [2.05, 4.69) is 15.8 Å². The van der Waals surface area contributed by atoms with Gasteiger partial charge in [-0.2, -0.15) is 5.10 Å². The minimum Gasteiger partial charge on any atom is -0.340 e. The molecule has 1 atom stereocenters. The van der Waals surface area contributed by atoms with E-state index in [4.69, 9.17) is 11.6 Å². The number of amides is 2. The lowest BCUT2D eigenvalue weighted by Crippen LogP contribution is -2.48. The van der Waals surface area contributed by atoms with Crippen molar-refractivity contribution >= 4 is 29.6 Å². The highest BCUT2D eigenvalue weighted by atomic mass is 35.5. The first kappa shape index (κ1) is 19.6. The van der Waals surface area contributed by atoms with Gasteiger partial charge in [-0.1, -0.05) is 43.6 Å². The van der Waals surface area contributed by atoms with E-state index in [-0.39, 0.29) is 11.5 Å². The van der Waals surface area contributed by atoms with Gasteiger partial charge in [0, 0.05) is 16.1 Å². The molecule has 136 valence electrons. The number of hydrogen-bond donors (Lipinski definition) is 2. The molecule has 0 fully saturated rings. The molecule has 0 radical (unpaired) electrons. The molecule has 0 aliphatic carbocycles. The average molecular weight is 376 g/mol. The first-order valence-electron chi connectivity index (χ1n) is 8.02. The summed E-state index contributed by atoms with van der Waals surface area (Å²) in [5.41, 5.74) is 3.33. The van der Waals surface area contributed by atoms with Gasteiger partial charge in [0.2, 0.25) is 0 Å². The number of hydrogen-bond acceptors (Lipinski definition) is 3. The van der Waals surface area contributed by atoms with E-state index in [1.165, 1.54) is 30.5 Å². The van der Waals surface area contributed by atoms with E-state index in [0.717, 1.165) is 0 Å². The Morgan fingerprint density at radius 2 is 1.77 bits per heavy atom. The molecule has 0 saturated heterocycles. The Kier molecular flexibility index (Phi) is 6.86. The van der Waals surface area contributed by atoms with Gasteiger partial charge in [-0.25, -0.2) is 9.82 Å². The van der Waals surface area contributed by atoms with Crippen LogP contribution >= 0.6 is 11.6 Å². The van der Waals surface area contributed by atoms with Crippen LogP contribution in [0.15, 0.2) is 53.6 Å². The predicted molar refractivity (Wildman–Crippen MR) is 99.7 cm³/mol. The molecule has 2 aromatic carbocycles. The molecule has 7 heteroatoms. The average Bonchev–Trinajstić information content (AvgIpc) is 2.61. The van der Waals surface area contributed by atoms with Gasteiger partial charge >= 0.3 is 0 Å². The molecular formula is C19H19ClFN3O2. The number of hydrazone groups is 1. The van der Waals surface area contributed by atoms with Crippen molar-refractivity contribution < 1.29 is 14.0 Å². The molecule has 0 spiro atoms. The van der Waals surface area contributed by atoms with Crippen molar-refractivity contribution in [2.45, 2.75) is 19.9 Å². The second-order valence-electron chi connectivity index (χ2n) is 5.96. The minimum absolute atomic E-state index is 0.171. The van der Waals surface area contributed by atoms with Crippen LogP contribution < -0.4 is 10.7 Å². The Balaban J connectivity index is 2.02. The summed E-state index contributed by atoms with van der Waals surface area (Å²) in [6, 6.07) is 11.4. The third-order valence-corrected chi connectivity index (χ3v) is 3.97. The van der Waals surface area contributed by atoms with Crippen molar-refractivity contribution in [1.29, 1.82) is 0 Å². The van der Waals surface area contributed by atoms with Crippen LogP contribution in [0.3, 0.4) is 0 Å². The van der Waals surface area contributed by atoms with E-state index < -0.39 is 23.7 Å². The second kappa shape index (κ2) is 9.10. The van der Waals surface area contributed by atoms with Crippen LogP contribution in [-0.4, -0.2) is 24.1 Å². The van der Waals surface area contributed by atoms with Gasteiger partial charge < -0.3 is 5.32 Å². The summed E-state index contributed by atoms with van der Waals surface area (Å²) in [7, 11) is 0. The maximum atomic E-state index is 13.0. The van der Waals surface area contributed by atoms with Crippen molar-refractivity contribution in [1.82, 2.24) is 10.7 Å². The molecule has 2 amide bonds. The second-order valence-corrected chi connectivity index (χ2v) is 6.37. The highest BCUT2D eigenvalue weighted by Crippen LogP contribution is 2.12. The van der Waals surface area contributed by atoms with Crippen LogP contribution in [0.2, 0.25) is 5.02 Å². The minimum atomic E-state index is -0.795. The zero-order chi connectivity index (χ0) is 19.1. The fourth-order valence-corrected chi connectivity index (χ4v) is 2.36. The number of rotatable bonds is 6. The Hall–Kier alpha value is -2.73. The summed E-state index contributed by atoms with van der Waals surface area (Å²) in [6.07, 6.45) is 1.43. The number of benzene rings is 2. The summed E-state index contributed by atoms with van der Waals surface area (Å²) >= 11 is 6.01. The molecule has 0 aliphatic heterocycles. The lowest BCUT2D eigenvalue weighted by Gasteiger charge is -2.20. The molecule has 2 aromatic rings. The summed E-state index contributed by atoms with van der Waals surface area (Å²) < 4.78 is 13.0. The normalized spacial score (nSPS) is 12.2. The monoisotopic (exact) mass is 375 g/mol. The van der Waals surface area contributed by atoms with Crippen molar-refractivity contribution in [2.75, 3.05) is 0 Å². The maximum Gasteiger partial charge on any atom is 0.262 e. The van der Waals surface area contributed by atoms with Gasteiger partial charge in [0.15, 0.2) is 0 Å². The van der Waals surface area contributed by atoms with Crippen LogP contribution in [-0.2, 0) is 4.79 Å². The largest absolute Gasteiger partial charge is 0.340 e. The van der Waals surface area contributed by atoms with E-state index >= 15 is 0 Å². The highest BCUT2D eigenvalue weighted by Gasteiger charge is 2.24. The molecule has 0 saturated carbocycles. The molecule has 0 heterocycles. The fraction of sp³-hybridized carbons (Fsp3) is 0.211. The van der Waals surface area contributed by atoms with Crippen molar-refractivity contribution in [2.24, 2.45) is 11.0 Å². The summed E-state index contributed by atoms with van der Waals surface area (Å²) in [5.74, 6) is -1.53. The predicted octanol–water partition coefficient (Wildman–Crippen LogP) is 3.38. The van der Waals surface area contributed by atoms with Gasteiger partial charge in [0.05, 0.1) is 6.21 Å². The summed E-state index contributed by atoms with van der Waals surface area (Å²) in [6.45, 7) is 3.60. The lowest BCUT2D eigenvalue weighted by molar-refractivity contribution is -0.123. The lowest BCUT2D eigenvalue weighted by atomic mass is 10.0. The number of nitrogens with zero attached hydrogens (tertiary/aromatic N) is 1. The molecule has 0 aliphatic rings. The zero-order valence-corrected chi connectivity index (χ0v) is 15.1. The van der Waals surface area contributed by atoms with Crippen molar-refractivity contribution in [3.05, 3.63) is 70.5 Å². The third-order valence-electron chi connectivity index (χ3n) is 3.63. The van der Waals surface area contributed by atoms with E-state index in [1.54, 1.807) is 38.1 Å². The number of carbonyl (C=O) groups excluding carboxylic acids is 2. The Labute approximate surface area is 156 Å². The van der Waals surface area contributed by atoms with Crippen LogP contribution in [0.5, 0.6) is 0 Å². The zero-order valence-electron chi connectivity index (χ0n) is 14.4. The van der Waals surface area contributed by atoms with Crippen LogP contribution in [0.4, 0.5) is 4.39 Å². The molecule has 0 bridgehead atoms. The maximum absolute atomic E-state index is 13.0. The van der Waals surface area contributed by atoms with E-state index in [1.807, 2.05) is 0 Å². The number of carbonyl (C=O) groups is 2. The molecule has 5 nitrogen and oxygen atoms in total. The fourth-order valence-electron chi connectivity index (χ4n) is 2.18. The first-order chi connectivity index (χ1) is 12.4. The van der Waals surface area contributed by atoms with Crippen LogP contribution in [0.25, 0.3) is 0 Å². The standard InChI is InChI=1S/C19H19ClFN3O2/c1-12(2)17(23-18(25)13-7-9-15(21)10-8-13)19(26)24-22-11-14-5-3-4-6-16(14)20/h3-12,17H,1-2H3,(H,23,25)(H,24,26)/b22-11+. The highest BCUT2D eigenvalue weighted by molar-refractivity contribution is 6.33. The van der Waals surface area contributed by atoms with Gasteiger partial charge in [-0.3, -0.25) is 9.59 Å². The molecule has 0 aromatic heterocycles. The third kappa shape index (κ3) is 5.39. The Bertz CT molecular complexity index is 807. The van der Waals surface area contributed by atoms with E-state index in [0.29, 0.717) is 10.6 Å². The van der Waals surface area contributed by atoms with Gasteiger partial charge in [-0.05, 0) is 36.2 Å². The van der Waals surface area contributed by atoms with Crippen molar-refractivity contribution in [3.8, 4) is 0 Å². The smallest absolute Gasteiger partial charge is 0.262 e. The molecular weight excluding hydrogens is 357 g/mol. The topological polar surface area (TPSA) is 70.6 Å². The SMILES string of the molecule is CC(C)C(NC(=O)c1ccc(F)cc1)C(=O)N/N=C/c1ccccc1Cl. The molecule has 26 heavy (non-hydrogen) atoms. The van der Waals surface area contributed by atoms with Gasteiger partial charge in [0.1, 0.15) is 11.9 Å².